The van der Waals surface area contributed by atoms with E-state index in [4.69, 9.17) is 11.5 Å². The summed E-state index contributed by atoms with van der Waals surface area (Å²) in [5.74, 6) is -6.86. The van der Waals surface area contributed by atoms with Crippen molar-refractivity contribution < 1.29 is 22.4 Å². The van der Waals surface area contributed by atoms with Crippen molar-refractivity contribution in [3.8, 4) is 0 Å². The molecular weight excluding hydrogens is 438 g/mol. The Morgan fingerprint density at radius 1 is 0.970 bits per heavy atom. The topological polar surface area (TPSA) is 99.3 Å². The van der Waals surface area contributed by atoms with Gasteiger partial charge < -0.3 is 11.5 Å². The van der Waals surface area contributed by atoms with Gasteiger partial charge in [-0.15, -0.1) is 0 Å². The number of nitrogens with zero attached hydrogens (tertiary/aromatic N) is 3. The van der Waals surface area contributed by atoms with E-state index < -0.39 is 35.6 Å². The van der Waals surface area contributed by atoms with Crippen molar-refractivity contribution in [1.29, 1.82) is 0 Å². The van der Waals surface area contributed by atoms with Gasteiger partial charge in [0.2, 0.25) is 23.5 Å². The molecule has 3 aliphatic rings. The van der Waals surface area contributed by atoms with Crippen LogP contribution in [0.15, 0.2) is 18.5 Å². The highest BCUT2D eigenvalue weighted by Crippen LogP contribution is 2.55. The first-order valence-corrected chi connectivity index (χ1v) is 11.7. The second-order valence-corrected chi connectivity index (χ2v) is 10.3. The van der Waals surface area contributed by atoms with Crippen molar-refractivity contribution >= 4 is 11.7 Å². The zero-order valence-electron chi connectivity index (χ0n) is 18.3. The lowest BCUT2D eigenvalue weighted by molar-refractivity contribution is -0.146. The fraction of sp³-hybridized carbons (Fsp3) is 0.696. The summed E-state index contributed by atoms with van der Waals surface area (Å²) >= 11 is 0. The molecule has 3 fully saturated rings. The van der Waals surface area contributed by atoms with Crippen LogP contribution in [0.4, 0.5) is 17.6 Å². The Morgan fingerprint density at radius 3 is 2.18 bits per heavy atom. The van der Waals surface area contributed by atoms with E-state index >= 15 is 0 Å². The highest BCUT2D eigenvalue weighted by molar-refractivity contribution is 5.78. The van der Waals surface area contributed by atoms with Crippen molar-refractivity contribution in [3.05, 3.63) is 29.8 Å². The van der Waals surface area contributed by atoms with Gasteiger partial charge in [-0.3, -0.25) is 9.20 Å². The van der Waals surface area contributed by atoms with Gasteiger partial charge in [0, 0.05) is 49.9 Å². The molecule has 4 N–H and O–H groups in total. The van der Waals surface area contributed by atoms with Gasteiger partial charge in [0.1, 0.15) is 0 Å². The highest BCUT2D eigenvalue weighted by atomic mass is 19.3. The summed E-state index contributed by atoms with van der Waals surface area (Å²) in [5.41, 5.74) is 13.3. The number of hydrogen-bond donors (Lipinski definition) is 2. The van der Waals surface area contributed by atoms with E-state index in [1.165, 1.54) is 0 Å². The Balaban J connectivity index is 1.39. The van der Waals surface area contributed by atoms with E-state index in [0.29, 0.717) is 30.0 Å². The molecule has 3 saturated carbocycles. The lowest BCUT2D eigenvalue weighted by Gasteiger charge is -2.41. The smallest absolute Gasteiger partial charge is 0.248 e. The third-order valence-electron chi connectivity index (χ3n) is 7.79. The number of nitrogens with two attached hydrogens (primary N) is 2. The van der Waals surface area contributed by atoms with Gasteiger partial charge in [0.05, 0.1) is 17.4 Å². The van der Waals surface area contributed by atoms with Crippen LogP contribution in [-0.2, 0) is 4.79 Å². The second kappa shape index (κ2) is 7.92. The van der Waals surface area contributed by atoms with E-state index in [9.17, 15) is 22.4 Å². The Morgan fingerprint density at radius 2 is 1.61 bits per heavy atom. The summed E-state index contributed by atoms with van der Waals surface area (Å²) in [7, 11) is 0. The SMILES string of the molecule is NC(=O)C(C1CC(F)(F)C1)[C@H](c1ccn2cc([C@@H](N)C3CCC(F)(F)CC3)nc2n1)C1CC1. The fourth-order valence-corrected chi connectivity index (χ4v) is 5.75. The van der Waals surface area contributed by atoms with Crippen LogP contribution in [0.5, 0.6) is 0 Å². The van der Waals surface area contributed by atoms with Crippen LogP contribution in [0.3, 0.4) is 0 Å². The largest absolute Gasteiger partial charge is 0.369 e. The van der Waals surface area contributed by atoms with Crippen LogP contribution in [0.2, 0.25) is 0 Å². The third-order valence-corrected chi connectivity index (χ3v) is 7.79. The first kappa shape index (κ1) is 22.6. The minimum absolute atomic E-state index is 0.0762. The summed E-state index contributed by atoms with van der Waals surface area (Å²) in [4.78, 5) is 21.6. The predicted octanol–water partition coefficient (Wildman–Crippen LogP) is 4.20. The number of imidazole rings is 1. The molecule has 3 aliphatic carbocycles. The number of carbonyl (C=O) groups is 1. The molecule has 2 aromatic rings. The van der Waals surface area contributed by atoms with Gasteiger partial charge in [0.25, 0.3) is 0 Å². The van der Waals surface area contributed by atoms with E-state index in [0.717, 1.165) is 12.8 Å². The zero-order valence-corrected chi connectivity index (χ0v) is 18.3. The minimum Gasteiger partial charge on any atom is -0.369 e. The third kappa shape index (κ3) is 4.46. The number of amides is 1. The lowest BCUT2D eigenvalue weighted by atomic mass is 9.66. The van der Waals surface area contributed by atoms with Crippen molar-refractivity contribution in [2.24, 2.45) is 35.1 Å². The van der Waals surface area contributed by atoms with Crippen LogP contribution in [0, 0.1) is 23.7 Å². The molecule has 0 spiro atoms. The molecule has 0 aliphatic heterocycles. The van der Waals surface area contributed by atoms with Crippen molar-refractivity contribution in [2.75, 3.05) is 0 Å². The van der Waals surface area contributed by atoms with Gasteiger partial charge in [-0.2, -0.15) is 0 Å². The maximum Gasteiger partial charge on any atom is 0.248 e. The standard InChI is InChI=1S/C23H29F4N5O/c24-22(25)6-3-13(4-7-22)19(28)16-11-32-8-5-15(30-21(32)31-16)17(12-1-2-12)18(20(29)33)14-9-23(26,27)10-14/h5,8,11-14,17-19H,1-4,6-7,9-10,28H2,(H2,29,33)/t17-,18?,19-/m0/s1. The summed E-state index contributed by atoms with van der Waals surface area (Å²) in [6.45, 7) is 0. The number of rotatable bonds is 7. The van der Waals surface area contributed by atoms with Gasteiger partial charge in [-0.1, -0.05) is 0 Å². The van der Waals surface area contributed by atoms with Crippen LogP contribution in [-0.4, -0.2) is 32.1 Å². The summed E-state index contributed by atoms with van der Waals surface area (Å²) in [5, 5.41) is 0. The fourth-order valence-electron chi connectivity index (χ4n) is 5.75. The number of alkyl halides is 4. The van der Waals surface area contributed by atoms with Crippen molar-refractivity contribution in [1.82, 2.24) is 14.4 Å². The van der Waals surface area contributed by atoms with E-state index in [2.05, 4.69) is 9.97 Å². The van der Waals surface area contributed by atoms with Crippen LogP contribution >= 0.6 is 0 Å². The van der Waals surface area contributed by atoms with Crippen LogP contribution in [0.1, 0.15) is 74.7 Å². The van der Waals surface area contributed by atoms with E-state index in [-0.39, 0.29) is 43.4 Å². The molecule has 2 heterocycles. The summed E-state index contributed by atoms with van der Waals surface area (Å²) in [6.07, 6.45) is 5.05. The molecule has 1 unspecified atom stereocenters. The normalized spacial score (nSPS) is 26.0. The number of halogens is 4. The molecule has 33 heavy (non-hydrogen) atoms. The average molecular weight is 468 g/mol. The summed E-state index contributed by atoms with van der Waals surface area (Å²) in [6, 6.07) is 1.32. The Hall–Kier alpha value is -2.23. The molecule has 1 amide bonds. The summed E-state index contributed by atoms with van der Waals surface area (Å²) < 4.78 is 55.8. The zero-order chi connectivity index (χ0) is 23.5. The minimum atomic E-state index is -2.74. The molecule has 10 heteroatoms. The van der Waals surface area contributed by atoms with Crippen molar-refractivity contribution in [3.63, 3.8) is 0 Å². The highest BCUT2D eigenvalue weighted by Gasteiger charge is 2.54. The molecule has 0 saturated heterocycles. The quantitative estimate of drug-likeness (QED) is 0.597. The number of primary amides is 1. The van der Waals surface area contributed by atoms with Gasteiger partial charge in [0.15, 0.2) is 0 Å². The van der Waals surface area contributed by atoms with Crippen molar-refractivity contribution in [2.45, 2.75) is 75.2 Å². The molecule has 5 rings (SSSR count). The van der Waals surface area contributed by atoms with Crippen LogP contribution < -0.4 is 11.5 Å². The van der Waals surface area contributed by atoms with Gasteiger partial charge in [-0.25, -0.2) is 27.5 Å². The second-order valence-electron chi connectivity index (χ2n) is 10.3. The first-order chi connectivity index (χ1) is 15.5. The molecule has 3 atom stereocenters. The molecule has 0 radical (unpaired) electrons. The number of carbonyl (C=O) groups excluding carboxylic acids is 1. The van der Waals surface area contributed by atoms with Crippen LogP contribution in [0.25, 0.3) is 5.78 Å². The monoisotopic (exact) mass is 467 g/mol. The van der Waals surface area contributed by atoms with E-state index in [1.807, 2.05) is 0 Å². The predicted molar refractivity (Wildman–Crippen MR) is 113 cm³/mol. The molecule has 0 bridgehead atoms. The maximum atomic E-state index is 13.5. The molecule has 180 valence electrons. The Kier molecular flexibility index (Phi) is 5.42. The Labute approximate surface area is 189 Å². The van der Waals surface area contributed by atoms with Gasteiger partial charge in [-0.05, 0) is 49.5 Å². The lowest BCUT2D eigenvalue weighted by Crippen LogP contribution is -2.46. The molecular formula is C23H29F4N5O. The van der Waals surface area contributed by atoms with E-state index in [1.54, 1.807) is 22.9 Å². The molecule has 2 aromatic heterocycles. The Bertz CT molecular complexity index is 1030. The molecule has 0 aromatic carbocycles. The van der Waals surface area contributed by atoms with Gasteiger partial charge >= 0.3 is 0 Å². The maximum absolute atomic E-state index is 13.5. The number of aromatic nitrogens is 3. The first-order valence-electron chi connectivity index (χ1n) is 11.7. The number of fused-ring (bicyclic) bond motifs is 1. The average Bonchev–Trinajstić information content (AvgIpc) is 3.46. The molecule has 6 nitrogen and oxygen atoms in total. The number of hydrogen-bond acceptors (Lipinski definition) is 4.